The van der Waals surface area contributed by atoms with Gasteiger partial charge in [-0.1, -0.05) is 35.9 Å². The number of hydrogen-bond acceptors (Lipinski definition) is 3. The molecule has 0 unspecified atom stereocenters. The summed E-state index contributed by atoms with van der Waals surface area (Å²) in [5.74, 6) is 0.108. The summed E-state index contributed by atoms with van der Waals surface area (Å²) in [5.41, 5.74) is 4.15. The zero-order valence-electron chi connectivity index (χ0n) is 17.3. The van der Waals surface area contributed by atoms with Crippen LogP contribution in [0.2, 0.25) is 5.02 Å². The predicted octanol–water partition coefficient (Wildman–Crippen LogP) is 4.46. The molecule has 6 heteroatoms. The van der Waals surface area contributed by atoms with Gasteiger partial charge in [-0.25, -0.2) is 0 Å². The number of carbonyl (C=O) groups is 1. The number of benzene rings is 1. The number of allylic oxidation sites excluding steroid dienone is 1. The van der Waals surface area contributed by atoms with E-state index in [1.807, 2.05) is 45.9 Å². The molecule has 1 aromatic carbocycles. The lowest BCUT2D eigenvalue weighted by molar-refractivity contribution is -0.132. The Morgan fingerprint density at radius 3 is 2.68 bits per heavy atom. The second kappa shape index (κ2) is 9.31. The van der Waals surface area contributed by atoms with Crippen molar-refractivity contribution < 1.29 is 4.79 Å². The molecule has 31 heavy (non-hydrogen) atoms. The topological polar surface area (TPSA) is 55.2 Å². The molecule has 0 fully saturated rings. The van der Waals surface area contributed by atoms with Gasteiger partial charge in [-0.15, -0.1) is 6.58 Å². The van der Waals surface area contributed by atoms with Gasteiger partial charge in [-0.05, 0) is 41.8 Å². The Labute approximate surface area is 186 Å². The van der Waals surface area contributed by atoms with E-state index < -0.39 is 0 Å². The summed E-state index contributed by atoms with van der Waals surface area (Å²) < 4.78 is 1.83. The molecule has 3 aromatic rings. The van der Waals surface area contributed by atoms with Crippen molar-refractivity contribution in [2.75, 3.05) is 6.54 Å². The van der Waals surface area contributed by atoms with E-state index in [-0.39, 0.29) is 11.5 Å². The van der Waals surface area contributed by atoms with E-state index in [1.54, 1.807) is 24.5 Å². The predicted molar refractivity (Wildman–Crippen MR) is 123 cm³/mol. The van der Waals surface area contributed by atoms with Crippen molar-refractivity contribution >= 4 is 17.5 Å². The first kappa shape index (κ1) is 21.1. The van der Waals surface area contributed by atoms with E-state index in [0.717, 1.165) is 16.8 Å². The number of nitrogens with zero attached hydrogens (tertiary/aromatic N) is 3. The quantitative estimate of drug-likeness (QED) is 0.539. The molecule has 0 radical (unpaired) electrons. The molecule has 1 amide bonds. The van der Waals surface area contributed by atoms with Gasteiger partial charge in [0.25, 0.3) is 5.56 Å². The van der Waals surface area contributed by atoms with Crippen LogP contribution in [0.1, 0.15) is 29.7 Å². The zero-order chi connectivity index (χ0) is 21.8. The summed E-state index contributed by atoms with van der Waals surface area (Å²) in [6, 6.07) is 13.1. The van der Waals surface area contributed by atoms with Crippen LogP contribution >= 0.6 is 11.6 Å². The van der Waals surface area contributed by atoms with E-state index in [2.05, 4.69) is 11.6 Å². The Kier molecular flexibility index (Phi) is 6.33. The number of rotatable bonds is 6. The van der Waals surface area contributed by atoms with E-state index in [9.17, 15) is 9.59 Å². The molecule has 0 bridgehead atoms. The number of halogens is 1. The van der Waals surface area contributed by atoms with Crippen molar-refractivity contribution in [2.24, 2.45) is 0 Å². The number of hydrogen-bond donors (Lipinski definition) is 0. The van der Waals surface area contributed by atoms with Gasteiger partial charge in [0.2, 0.25) is 5.91 Å². The Morgan fingerprint density at radius 2 is 1.94 bits per heavy atom. The van der Waals surface area contributed by atoms with Crippen LogP contribution in [0.25, 0.3) is 11.1 Å². The molecule has 0 N–H and O–H groups in total. The minimum Gasteiger partial charge on any atom is -0.338 e. The van der Waals surface area contributed by atoms with Crippen LogP contribution in [-0.4, -0.2) is 26.9 Å². The van der Waals surface area contributed by atoms with Gasteiger partial charge in [0.05, 0.1) is 6.54 Å². The molecule has 1 aliphatic rings. The van der Waals surface area contributed by atoms with Gasteiger partial charge < -0.3 is 9.47 Å². The first-order valence-electron chi connectivity index (χ1n) is 10.4. The largest absolute Gasteiger partial charge is 0.338 e. The average Bonchev–Trinajstić information content (AvgIpc) is 2.80. The Bertz CT molecular complexity index is 1170. The van der Waals surface area contributed by atoms with Crippen LogP contribution < -0.4 is 5.56 Å². The monoisotopic (exact) mass is 433 g/mol. The summed E-state index contributed by atoms with van der Waals surface area (Å²) >= 11 is 6.43. The minimum absolute atomic E-state index is 0.0740. The third-order valence-corrected chi connectivity index (χ3v) is 5.97. The van der Waals surface area contributed by atoms with Crippen LogP contribution in [0.15, 0.2) is 72.3 Å². The van der Waals surface area contributed by atoms with Crippen molar-refractivity contribution in [3.05, 3.63) is 99.7 Å². The molecule has 0 aliphatic carbocycles. The Balaban J connectivity index is 1.80. The lowest BCUT2D eigenvalue weighted by Gasteiger charge is -2.31. The highest BCUT2D eigenvalue weighted by molar-refractivity contribution is 6.33. The van der Waals surface area contributed by atoms with Crippen molar-refractivity contribution in [2.45, 2.75) is 32.4 Å². The second-order valence-electron chi connectivity index (χ2n) is 7.65. The fourth-order valence-electron chi connectivity index (χ4n) is 4.03. The molecular weight excluding hydrogens is 410 g/mol. The molecule has 4 rings (SSSR count). The van der Waals surface area contributed by atoms with Crippen LogP contribution in [0.3, 0.4) is 0 Å². The number of amides is 1. The molecule has 0 spiro atoms. The first-order valence-corrected chi connectivity index (χ1v) is 10.7. The van der Waals surface area contributed by atoms with Crippen LogP contribution in [0, 0.1) is 0 Å². The zero-order valence-corrected chi connectivity index (χ0v) is 18.0. The Morgan fingerprint density at radius 1 is 1.16 bits per heavy atom. The van der Waals surface area contributed by atoms with E-state index in [0.29, 0.717) is 55.0 Å². The van der Waals surface area contributed by atoms with Crippen molar-refractivity contribution in [3.63, 3.8) is 0 Å². The highest BCUT2D eigenvalue weighted by Gasteiger charge is 2.25. The third kappa shape index (κ3) is 4.47. The molecule has 0 saturated heterocycles. The van der Waals surface area contributed by atoms with Gasteiger partial charge >= 0.3 is 0 Å². The summed E-state index contributed by atoms with van der Waals surface area (Å²) in [6.07, 6.45) is 6.97. The number of aromatic nitrogens is 2. The fourth-order valence-corrected chi connectivity index (χ4v) is 4.26. The van der Waals surface area contributed by atoms with Crippen LogP contribution in [0.4, 0.5) is 0 Å². The van der Waals surface area contributed by atoms with Gasteiger partial charge in [0.15, 0.2) is 0 Å². The maximum Gasteiger partial charge on any atom is 0.259 e. The van der Waals surface area contributed by atoms with Crippen molar-refractivity contribution in [1.29, 1.82) is 0 Å². The van der Waals surface area contributed by atoms with Crippen molar-refractivity contribution in [3.8, 4) is 11.1 Å². The van der Waals surface area contributed by atoms with Crippen molar-refractivity contribution in [1.82, 2.24) is 14.5 Å². The van der Waals surface area contributed by atoms with Crippen LogP contribution in [0.5, 0.6) is 0 Å². The summed E-state index contributed by atoms with van der Waals surface area (Å²) in [5, 5.41) is 0.532. The Hall–Kier alpha value is -3.18. The summed E-state index contributed by atoms with van der Waals surface area (Å²) in [7, 11) is 0. The van der Waals surface area contributed by atoms with E-state index in [4.69, 9.17) is 11.6 Å². The van der Waals surface area contributed by atoms with Crippen LogP contribution in [-0.2, 0) is 24.3 Å². The first-order chi connectivity index (χ1) is 15.1. The molecule has 5 nitrogen and oxygen atoms in total. The van der Waals surface area contributed by atoms with E-state index in [1.165, 1.54) is 0 Å². The smallest absolute Gasteiger partial charge is 0.259 e. The number of fused-ring (bicyclic) bond motifs is 1. The standard InChI is InChI=1S/C25H24ClN3O2/c1-2-3-8-24(30)28-14-11-23-19(17-28)15-21(20-6-4-5-7-22(20)26)25(31)29(23)16-18-9-12-27-13-10-18/h2,4-7,9-10,12-13,15H,1,3,8,11,14,16-17H2. The molecule has 3 heterocycles. The maximum atomic E-state index is 13.6. The SMILES string of the molecule is C=CCCC(=O)N1CCc2c(cc(-c3ccccc3Cl)c(=O)n2Cc2ccncc2)C1. The molecular formula is C25H24ClN3O2. The van der Waals surface area contributed by atoms with Gasteiger partial charge in [0, 0.05) is 60.2 Å². The van der Waals surface area contributed by atoms with Gasteiger partial charge in [-0.2, -0.15) is 0 Å². The number of carbonyl (C=O) groups excluding carboxylic acids is 1. The molecule has 0 atom stereocenters. The minimum atomic E-state index is -0.0740. The summed E-state index contributed by atoms with van der Waals surface area (Å²) in [4.78, 5) is 32.1. The average molecular weight is 434 g/mol. The second-order valence-corrected chi connectivity index (χ2v) is 8.06. The highest BCUT2D eigenvalue weighted by atomic mass is 35.5. The highest BCUT2D eigenvalue weighted by Crippen LogP contribution is 2.29. The molecule has 2 aromatic heterocycles. The molecule has 1 aliphatic heterocycles. The van der Waals surface area contributed by atoms with Gasteiger partial charge in [-0.3, -0.25) is 14.6 Å². The molecule has 0 saturated carbocycles. The maximum absolute atomic E-state index is 13.6. The normalized spacial score (nSPS) is 13.0. The summed E-state index contributed by atoms with van der Waals surface area (Å²) in [6.45, 7) is 5.24. The number of pyridine rings is 2. The van der Waals surface area contributed by atoms with Gasteiger partial charge in [0.1, 0.15) is 0 Å². The third-order valence-electron chi connectivity index (χ3n) is 5.64. The lowest BCUT2D eigenvalue weighted by atomic mass is 9.98. The lowest BCUT2D eigenvalue weighted by Crippen LogP contribution is -2.39. The van der Waals surface area contributed by atoms with E-state index >= 15 is 0 Å². The molecule has 158 valence electrons. The fraction of sp³-hybridized carbons (Fsp3) is 0.240.